The number of ether oxygens (including phenoxy) is 1. The summed E-state index contributed by atoms with van der Waals surface area (Å²) in [7, 11) is 0. The highest BCUT2D eigenvalue weighted by Crippen LogP contribution is 2.28. The third-order valence-corrected chi connectivity index (χ3v) is 3.88. The van der Waals surface area contributed by atoms with E-state index >= 15 is 0 Å². The highest BCUT2D eigenvalue weighted by atomic mass is 32.1. The zero-order valence-electron chi connectivity index (χ0n) is 11.4. The fourth-order valence-electron chi connectivity index (χ4n) is 2.21. The monoisotopic (exact) mass is 268 g/mol. The molecule has 4 nitrogen and oxygen atoms in total. The average molecular weight is 268 g/mol. The normalized spacial score (nSPS) is 18.6. The lowest BCUT2D eigenvalue weighted by molar-refractivity contribution is 0.0181. The molecule has 1 aromatic rings. The minimum atomic E-state index is -0.438. The maximum absolute atomic E-state index is 12.1. The van der Waals surface area contributed by atoms with Crippen LogP contribution in [0, 0.1) is 0 Å². The molecule has 0 bridgehead atoms. The summed E-state index contributed by atoms with van der Waals surface area (Å²) >= 11 is 1.68. The van der Waals surface area contributed by atoms with Crippen molar-refractivity contribution < 1.29 is 9.53 Å². The van der Waals surface area contributed by atoms with Crippen molar-refractivity contribution in [3.05, 3.63) is 16.1 Å². The summed E-state index contributed by atoms with van der Waals surface area (Å²) in [4.78, 5) is 19.6. The third kappa shape index (κ3) is 2.83. The topological polar surface area (TPSA) is 42.4 Å². The molecule has 1 unspecified atom stereocenters. The van der Waals surface area contributed by atoms with E-state index in [2.05, 4.69) is 4.98 Å². The third-order valence-electron chi connectivity index (χ3n) is 2.98. The summed E-state index contributed by atoms with van der Waals surface area (Å²) in [6.45, 7) is 8.35. The number of hydrogen-bond donors (Lipinski definition) is 0. The molecule has 0 saturated carbocycles. The van der Waals surface area contributed by atoms with Crippen LogP contribution in [0.2, 0.25) is 0 Å². The zero-order chi connectivity index (χ0) is 13.3. The Labute approximate surface area is 112 Å². The van der Waals surface area contributed by atoms with Crippen LogP contribution >= 0.6 is 11.3 Å². The number of thiazole rings is 1. The summed E-state index contributed by atoms with van der Waals surface area (Å²) in [6, 6.07) is 0.208. The second-order valence-corrected chi connectivity index (χ2v) is 6.49. The van der Waals surface area contributed by atoms with Gasteiger partial charge < -0.3 is 9.64 Å². The summed E-state index contributed by atoms with van der Waals surface area (Å²) < 4.78 is 5.45. The second-order valence-electron chi connectivity index (χ2n) is 5.55. The van der Waals surface area contributed by atoms with E-state index in [0.29, 0.717) is 6.54 Å². The lowest BCUT2D eigenvalue weighted by Gasteiger charge is -2.30. The van der Waals surface area contributed by atoms with Crippen LogP contribution in [0.4, 0.5) is 4.79 Å². The van der Waals surface area contributed by atoms with Gasteiger partial charge in [-0.25, -0.2) is 9.78 Å². The van der Waals surface area contributed by atoms with E-state index in [1.165, 1.54) is 4.88 Å². The molecule has 0 radical (unpaired) electrons. The maximum Gasteiger partial charge on any atom is 0.410 e. The quantitative estimate of drug-likeness (QED) is 0.828. The lowest BCUT2D eigenvalue weighted by Crippen LogP contribution is -2.43. The fraction of sp³-hybridized carbons (Fsp3) is 0.692. The molecule has 0 fully saturated rings. The molecule has 0 spiro atoms. The lowest BCUT2D eigenvalue weighted by atomic mass is 10.2. The Hall–Kier alpha value is -1.10. The van der Waals surface area contributed by atoms with Crippen LogP contribution in [0.15, 0.2) is 5.51 Å². The van der Waals surface area contributed by atoms with Gasteiger partial charge in [-0.05, 0) is 27.7 Å². The van der Waals surface area contributed by atoms with Crippen LogP contribution in [0.5, 0.6) is 0 Å². The van der Waals surface area contributed by atoms with E-state index in [9.17, 15) is 4.79 Å². The number of carbonyl (C=O) groups is 1. The predicted octanol–water partition coefficient (Wildman–Crippen LogP) is 2.87. The van der Waals surface area contributed by atoms with Crippen LogP contribution in [-0.4, -0.2) is 34.2 Å². The van der Waals surface area contributed by atoms with E-state index in [1.807, 2.05) is 38.1 Å². The molecule has 1 aromatic heterocycles. The van der Waals surface area contributed by atoms with Crippen molar-refractivity contribution in [3.63, 3.8) is 0 Å². The van der Waals surface area contributed by atoms with Crippen LogP contribution in [-0.2, 0) is 17.6 Å². The largest absolute Gasteiger partial charge is 0.444 e. The summed E-state index contributed by atoms with van der Waals surface area (Å²) in [5.41, 5.74) is 2.59. The van der Waals surface area contributed by atoms with Gasteiger partial charge >= 0.3 is 6.09 Å². The molecule has 2 rings (SSSR count). The molecule has 0 saturated heterocycles. The number of carbonyl (C=O) groups excluding carboxylic acids is 1. The molecule has 1 aliphatic carbocycles. The summed E-state index contributed by atoms with van der Waals surface area (Å²) in [5.74, 6) is 0. The molecule has 0 aliphatic heterocycles. The first-order valence-electron chi connectivity index (χ1n) is 6.31. The van der Waals surface area contributed by atoms with Crippen molar-refractivity contribution in [2.24, 2.45) is 0 Å². The van der Waals surface area contributed by atoms with Crippen molar-refractivity contribution in [2.75, 3.05) is 6.54 Å². The molecule has 0 N–H and O–H groups in total. The van der Waals surface area contributed by atoms with E-state index in [1.54, 1.807) is 11.3 Å². The van der Waals surface area contributed by atoms with Crippen molar-refractivity contribution >= 4 is 17.4 Å². The Morgan fingerprint density at radius 2 is 2.28 bits per heavy atom. The van der Waals surface area contributed by atoms with Gasteiger partial charge in [-0.2, -0.15) is 0 Å². The predicted molar refractivity (Wildman–Crippen MR) is 71.9 cm³/mol. The minimum absolute atomic E-state index is 0.208. The molecular formula is C13H20N2O2S. The van der Waals surface area contributed by atoms with Gasteiger partial charge in [0.1, 0.15) is 5.60 Å². The summed E-state index contributed by atoms with van der Waals surface area (Å²) in [5, 5.41) is 0. The molecule has 1 heterocycles. The molecule has 1 aliphatic rings. The number of hydrogen-bond acceptors (Lipinski definition) is 4. The number of likely N-dealkylation sites (N-methyl/N-ethyl adjacent to an activating group) is 1. The smallest absolute Gasteiger partial charge is 0.410 e. The Kier molecular flexibility index (Phi) is 3.61. The Bertz CT molecular complexity index is 416. The van der Waals surface area contributed by atoms with Gasteiger partial charge in [-0.1, -0.05) is 0 Å². The minimum Gasteiger partial charge on any atom is -0.444 e. The molecule has 18 heavy (non-hydrogen) atoms. The van der Waals surface area contributed by atoms with Crippen LogP contribution < -0.4 is 0 Å². The molecule has 100 valence electrons. The molecule has 5 heteroatoms. The van der Waals surface area contributed by atoms with Crippen molar-refractivity contribution in [2.45, 2.75) is 52.2 Å². The van der Waals surface area contributed by atoms with Crippen LogP contribution in [0.25, 0.3) is 0 Å². The highest BCUT2D eigenvalue weighted by molar-refractivity contribution is 7.09. The molecular weight excluding hydrogens is 248 g/mol. The maximum atomic E-state index is 12.1. The first-order chi connectivity index (χ1) is 8.40. The van der Waals surface area contributed by atoms with Gasteiger partial charge in [-0.3, -0.25) is 0 Å². The molecule has 1 atom stereocenters. The first kappa shape index (κ1) is 13.3. The van der Waals surface area contributed by atoms with Gasteiger partial charge in [-0.15, -0.1) is 11.3 Å². The number of nitrogens with zero attached hydrogens (tertiary/aromatic N) is 2. The molecule has 1 amide bonds. The number of rotatable bonds is 2. The van der Waals surface area contributed by atoms with E-state index in [-0.39, 0.29) is 12.1 Å². The van der Waals surface area contributed by atoms with Gasteiger partial charge in [0.25, 0.3) is 0 Å². The van der Waals surface area contributed by atoms with Crippen LogP contribution in [0.1, 0.15) is 38.3 Å². The first-order valence-corrected chi connectivity index (χ1v) is 7.19. The fourth-order valence-corrected chi connectivity index (χ4v) is 3.08. The number of aromatic nitrogens is 1. The van der Waals surface area contributed by atoms with E-state index in [4.69, 9.17) is 4.74 Å². The van der Waals surface area contributed by atoms with Crippen LogP contribution in [0.3, 0.4) is 0 Å². The number of fused-ring (bicyclic) bond motifs is 1. The zero-order valence-corrected chi connectivity index (χ0v) is 12.2. The molecule has 0 aromatic carbocycles. The van der Waals surface area contributed by atoms with Gasteiger partial charge in [0.2, 0.25) is 0 Å². The standard InChI is InChI=1S/C13H20N2O2S/c1-5-15(12(16)17-13(2,3)4)9-6-10-11(7-9)18-8-14-10/h8-9H,5-7H2,1-4H3. The Morgan fingerprint density at radius 1 is 1.56 bits per heavy atom. The highest BCUT2D eigenvalue weighted by Gasteiger charge is 2.33. The SMILES string of the molecule is CCN(C(=O)OC(C)(C)C)C1Cc2ncsc2C1. The average Bonchev–Trinajstić information content (AvgIpc) is 2.75. The number of amides is 1. The van der Waals surface area contributed by atoms with Gasteiger partial charge in [0, 0.05) is 30.3 Å². The van der Waals surface area contributed by atoms with Gasteiger partial charge in [0.15, 0.2) is 0 Å². The Balaban J connectivity index is 2.02. The summed E-state index contributed by atoms with van der Waals surface area (Å²) in [6.07, 6.45) is 1.55. The second kappa shape index (κ2) is 4.88. The van der Waals surface area contributed by atoms with E-state index in [0.717, 1.165) is 18.5 Å². The Morgan fingerprint density at radius 3 is 2.83 bits per heavy atom. The van der Waals surface area contributed by atoms with Crippen molar-refractivity contribution in [3.8, 4) is 0 Å². The van der Waals surface area contributed by atoms with Crippen molar-refractivity contribution in [1.82, 2.24) is 9.88 Å². The van der Waals surface area contributed by atoms with Gasteiger partial charge in [0.05, 0.1) is 11.2 Å². The van der Waals surface area contributed by atoms with E-state index < -0.39 is 5.60 Å². The van der Waals surface area contributed by atoms with Crippen molar-refractivity contribution in [1.29, 1.82) is 0 Å².